The molecule has 22 heavy (non-hydrogen) atoms. The van der Waals surface area contributed by atoms with Gasteiger partial charge in [-0.3, -0.25) is 0 Å². The molecule has 0 spiro atoms. The second-order valence-corrected chi connectivity index (χ2v) is 5.76. The van der Waals surface area contributed by atoms with Gasteiger partial charge in [-0.2, -0.15) is 0 Å². The molecule has 1 atom stereocenters. The molecule has 0 radical (unpaired) electrons. The third kappa shape index (κ3) is 13.7. The normalized spacial score (nSPS) is 12.5. The Labute approximate surface area is 134 Å². The molecule has 0 aliphatic rings. The van der Waals surface area contributed by atoms with E-state index < -0.39 is 11.9 Å². The molecule has 0 rings (SSSR count). The maximum Gasteiger partial charge on any atom is 0.331 e. The van der Waals surface area contributed by atoms with Gasteiger partial charge in [0.05, 0.1) is 0 Å². The van der Waals surface area contributed by atoms with Gasteiger partial charge in [0.25, 0.3) is 0 Å². The van der Waals surface area contributed by atoms with E-state index in [1.165, 1.54) is 51.4 Å². The summed E-state index contributed by atoms with van der Waals surface area (Å²) in [7, 11) is 0. The summed E-state index contributed by atoms with van der Waals surface area (Å²) in [6.07, 6.45) is 14.7. The van der Waals surface area contributed by atoms with Crippen LogP contribution in [0, 0.1) is 0 Å². The molecular weight excluding hydrogens is 280 g/mol. The van der Waals surface area contributed by atoms with Crippen molar-refractivity contribution >= 4 is 11.9 Å². The highest BCUT2D eigenvalue weighted by molar-refractivity contribution is 5.90. The Balaban J connectivity index is 3.61. The first-order chi connectivity index (χ1) is 10.6. The second kappa shape index (κ2) is 14.6. The zero-order valence-corrected chi connectivity index (χ0v) is 14.2. The molecule has 0 bridgehead atoms. The van der Waals surface area contributed by atoms with Crippen LogP contribution in [0.3, 0.4) is 0 Å². The number of carbonyl (C=O) groups excluding carboxylic acids is 1. The summed E-state index contributed by atoms with van der Waals surface area (Å²) in [5.74, 6) is -1.70. The molecule has 0 fully saturated rings. The molecule has 128 valence electrons. The summed E-state index contributed by atoms with van der Waals surface area (Å²) < 4.78 is 5.23. The van der Waals surface area contributed by atoms with E-state index in [9.17, 15) is 9.59 Å². The second-order valence-electron chi connectivity index (χ2n) is 5.76. The predicted molar refractivity (Wildman–Crippen MR) is 88.8 cm³/mol. The van der Waals surface area contributed by atoms with Crippen molar-refractivity contribution in [1.29, 1.82) is 0 Å². The zero-order chi connectivity index (χ0) is 16.6. The number of aliphatic carboxylic acids is 1. The molecule has 0 saturated heterocycles. The average Bonchev–Trinajstić information content (AvgIpc) is 2.50. The van der Waals surface area contributed by atoms with Crippen LogP contribution in [0.15, 0.2) is 12.2 Å². The fourth-order valence-electron chi connectivity index (χ4n) is 2.37. The minimum absolute atomic E-state index is 0.101. The summed E-state index contributed by atoms with van der Waals surface area (Å²) in [6.45, 7) is 4.21. The van der Waals surface area contributed by atoms with Crippen molar-refractivity contribution in [2.24, 2.45) is 0 Å². The molecule has 0 heterocycles. The highest BCUT2D eigenvalue weighted by Crippen LogP contribution is 2.14. The maximum atomic E-state index is 11.4. The van der Waals surface area contributed by atoms with Crippen LogP contribution in [0.5, 0.6) is 0 Å². The van der Waals surface area contributed by atoms with E-state index in [4.69, 9.17) is 9.84 Å². The summed E-state index contributed by atoms with van der Waals surface area (Å²) in [6, 6.07) is 0. The first-order valence-electron chi connectivity index (χ1n) is 8.71. The van der Waals surface area contributed by atoms with Crippen molar-refractivity contribution in [2.75, 3.05) is 0 Å². The Morgan fingerprint density at radius 1 is 0.909 bits per heavy atom. The molecular formula is C18H32O4. The standard InChI is InChI=1S/C18H32O4/c1-3-5-6-7-8-9-10-11-12-13-16(4-2)22-18(21)15-14-17(19)20/h14-16H,3-13H2,1-2H3,(H,19,20). The maximum absolute atomic E-state index is 11.4. The Kier molecular flexibility index (Phi) is 13.7. The van der Waals surface area contributed by atoms with Gasteiger partial charge in [-0.1, -0.05) is 65.2 Å². The number of esters is 1. The van der Waals surface area contributed by atoms with Gasteiger partial charge in [-0.05, 0) is 19.3 Å². The van der Waals surface area contributed by atoms with E-state index in [1.807, 2.05) is 6.92 Å². The first kappa shape index (κ1) is 20.7. The van der Waals surface area contributed by atoms with Crippen LogP contribution in [0.2, 0.25) is 0 Å². The molecule has 0 aromatic heterocycles. The number of carboxylic acid groups (broad SMARTS) is 1. The van der Waals surface area contributed by atoms with E-state index in [2.05, 4.69) is 6.92 Å². The molecule has 0 amide bonds. The Morgan fingerprint density at radius 2 is 1.45 bits per heavy atom. The van der Waals surface area contributed by atoms with E-state index in [1.54, 1.807) is 0 Å². The lowest BCUT2D eigenvalue weighted by molar-refractivity contribution is -0.144. The van der Waals surface area contributed by atoms with Crippen LogP contribution in [0.1, 0.15) is 84.5 Å². The Morgan fingerprint density at radius 3 is 1.95 bits per heavy atom. The summed E-state index contributed by atoms with van der Waals surface area (Å²) >= 11 is 0. The number of carbonyl (C=O) groups is 2. The van der Waals surface area contributed by atoms with Gasteiger partial charge in [0.1, 0.15) is 6.10 Å². The molecule has 0 aliphatic carbocycles. The van der Waals surface area contributed by atoms with Crippen LogP contribution >= 0.6 is 0 Å². The number of hydrogen-bond donors (Lipinski definition) is 1. The van der Waals surface area contributed by atoms with Crippen LogP contribution in [0.4, 0.5) is 0 Å². The highest BCUT2D eigenvalue weighted by atomic mass is 16.5. The van der Waals surface area contributed by atoms with Gasteiger partial charge in [0.2, 0.25) is 0 Å². The van der Waals surface area contributed by atoms with E-state index in [0.717, 1.165) is 31.4 Å². The molecule has 1 N–H and O–H groups in total. The molecule has 4 nitrogen and oxygen atoms in total. The van der Waals surface area contributed by atoms with Gasteiger partial charge in [-0.15, -0.1) is 0 Å². The smallest absolute Gasteiger partial charge is 0.331 e. The van der Waals surface area contributed by atoms with E-state index in [-0.39, 0.29) is 6.10 Å². The van der Waals surface area contributed by atoms with Gasteiger partial charge in [0.15, 0.2) is 0 Å². The SMILES string of the molecule is CCCCCCCCCCCC(CC)OC(=O)C=CC(=O)O. The van der Waals surface area contributed by atoms with Crippen molar-refractivity contribution in [3.05, 3.63) is 12.2 Å². The number of unbranched alkanes of at least 4 members (excludes halogenated alkanes) is 8. The fraction of sp³-hybridized carbons (Fsp3) is 0.778. The Hall–Kier alpha value is -1.32. The van der Waals surface area contributed by atoms with Crippen molar-refractivity contribution in [3.63, 3.8) is 0 Å². The monoisotopic (exact) mass is 312 g/mol. The van der Waals surface area contributed by atoms with E-state index >= 15 is 0 Å². The summed E-state index contributed by atoms with van der Waals surface area (Å²) in [5, 5.41) is 8.45. The Bertz CT molecular complexity index is 323. The van der Waals surface area contributed by atoms with Gasteiger partial charge in [0, 0.05) is 12.2 Å². The zero-order valence-electron chi connectivity index (χ0n) is 14.2. The van der Waals surface area contributed by atoms with Crippen LogP contribution in [-0.4, -0.2) is 23.1 Å². The first-order valence-corrected chi connectivity index (χ1v) is 8.71. The highest BCUT2D eigenvalue weighted by Gasteiger charge is 2.10. The third-order valence-corrected chi connectivity index (χ3v) is 3.73. The quantitative estimate of drug-likeness (QED) is 0.282. The molecule has 1 unspecified atom stereocenters. The van der Waals surface area contributed by atoms with Crippen molar-refractivity contribution in [2.45, 2.75) is 90.6 Å². The van der Waals surface area contributed by atoms with E-state index in [0.29, 0.717) is 0 Å². The summed E-state index contributed by atoms with van der Waals surface area (Å²) in [5.41, 5.74) is 0. The number of hydrogen-bond acceptors (Lipinski definition) is 3. The number of ether oxygens (including phenoxy) is 1. The molecule has 0 aromatic carbocycles. The topological polar surface area (TPSA) is 63.6 Å². The third-order valence-electron chi connectivity index (χ3n) is 3.73. The molecule has 0 aromatic rings. The predicted octanol–water partition coefficient (Wildman–Crippen LogP) is 4.87. The van der Waals surface area contributed by atoms with Crippen LogP contribution in [0.25, 0.3) is 0 Å². The molecule has 0 saturated carbocycles. The van der Waals surface area contributed by atoms with Gasteiger partial charge < -0.3 is 9.84 Å². The fourth-order valence-corrected chi connectivity index (χ4v) is 2.37. The average molecular weight is 312 g/mol. The molecule has 4 heteroatoms. The van der Waals surface area contributed by atoms with Crippen molar-refractivity contribution in [1.82, 2.24) is 0 Å². The van der Waals surface area contributed by atoms with Gasteiger partial charge in [-0.25, -0.2) is 9.59 Å². The number of carboxylic acids is 1. The van der Waals surface area contributed by atoms with Crippen LogP contribution < -0.4 is 0 Å². The van der Waals surface area contributed by atoms with Crippen molar-refractivity contribution < 1.29 is 19.4 Å². The molecule has 0 aliphatic heterocycles. The lowest BCUT2D eigenvalue weighted by Gasteiger charge is -2.14. The minimum atomic E-state index is -1.14. The van der Waals surface area contributed by atoms with Gasteiger partial charge >= 0.3 is 11.9 Å². The van der Waals surface area contributed by atoms with Crippen LogP contribution in [-0.2, 0) is 14.3 Å². The lowest BCUT2D eigenvalue weighted by atomic mass is 10.0. The minimum Gasteiger partial charge on any atom is -0.478 e. The van der Waals surface area contributed by atoms with Crippen molar-refractivity contribution in [3.8, 4) is 0 Å². The summed E-state index contributed by atoms with van der Waals surface area (Å²) in [4.78, 5) is 21.7. The largest absolute Gasteiger partial charge is 0.478 e. The number of rotatable bonds is 14. The lowest BCUT2D eigenvalue weighted by Crippen LogP contribution is -2.16.